The van der Waals surface area contributed by atoms with Crippen molar-refractivity contribution in [2.24, 2.45) is 5.92 Å². The summed E-state index contributed by atoms with van der Waals surface area (Å²) < 4.78 is 3.08. The Balaban J connectivity index is 2.13. The van der Waals surface area contributed by atoms with Crippen LogP contribution in [0.25, 0.3) is 0 Å². The summed E-state index contributed by atoms with van der Waals surface area (Å²) in [4.78, 5) is 0. The van der Waals surface area contributed by atoms with Gasteiger partial charge in [-0.25, -0.2) is 4.68 Å². The number of nitrogens with two attached hydrogens (primary N) is 1. The minimum atomic E-state index is 0.545. The van der Waals surface area contributed by atoms with Crippen LogP contribution in [0.3, 0.4) is 0 Å². The first-order valence-corrected chi connectivity index (χ1v) is 6.28. The summed E-state index contributed by atoms with van der Waals surface area (Å²) in [7, 11) is 0. The second kappa shape index (κ2) is 4.08. The van der Waals surface area contributed by atoms with Crippen molar-refractivity contribution in [1.29, 1.82) is 0 Å². The molecular formula is C10H16IN3. The van der Waals surface area contributed by atoms with Crippen LogP contribution in [-0.4, -0.2) is 9.78 Å². The number of nitrogens with zero attached hydrogens (tertiary/aromatic N) is 2. The molecule has 0 amide bonds. The Bertz CT molecular complexity index is 321. The van der Waals surface area contributed by atoms with Crippen LogP contribution in [0.1, 0.15) is 38.6 Å². The van der Waals surface area contributed by atoms with E-state index in [9.17, 15) is 0 Å². The Kier molecular flexibility index (Phi) is 2.99. The minimum Gasteiger partial charge on any atom is -0.383 e. The second-order valence-corrected chi connectivity index (χ2v) is 5.23. The third-order valence-electron chi connectivity index (χ3n) is 3.22. The number of halogens is 1. The molecule has 1 aromatic rings. The van der Waals surface area contributed by atoms with E-state index < -0.39 is 0 Å². The highest BCUT2D eigenvalue weighted by molar-refractivity contribution is 14.1. The molecule has 14 heavy (non-hydrogen) atoms. The van der Waals surface area contributed by atoms with Gasteiger partial charge < -0.3 is 5.73 Å². The number of nitrogen functional groups attached to an aromatic ring is 1. The molecule has 2 unspecified atom stereocenters. The van der Waals surface area contributed by atoms with Gasteiger partial charge in [-0.05, 0) is 47.8 Å². The molecular weight excluding hydrogens is 289 g/mol. The van der Waals surface area contributed by atoms with Gasteiger partial charge in [0.2, 0.25) is 0 Å². The van der Waals surface area contributed by atoms with Gasteiger partial charge in [0.25, 0.3) is 0 Å². The van der Waals surface area contributed by atoms with Gasteiger partial charge in [-0.2, -0.15) is 5.10 Å². The Labute approximate surface area is 98.2 Å². The van der Waals surface area contributed by atoms with Crippen LogP contribution in [0.4, 0.5) is 5.82 Å². The lowest BCUT2D eigenvalue weighted by Crippen LogP contribution is -2.10. The summed E-state index contributed by atoms with van der Waals surface area (Å²) in [5, 5.41) is 4.35. The third kappa shape index (κ3) is 1.76. The van der Waals surface area contributed by atoms with Crippen molar-refractivity contribution in [3.8, 4) is 0 Å². The number of rotatable bonds is 2. The third-order valence-corrected chi connectivity index (χ3v) is 4.05. The highest BCUT2D eigenvalue weighted by Crippen LogP contribution is 2.37. The average molecular weight is 305 g/mol. The van der Waals surface area contributed by atoms with Gasteiger partial charge in [0, 0.05) is 0 Å². The monoisotopic (exact) mass is 305 g/mol. The zero-order valence-electron chi connectivity index (χ0n) is 8.41. The van der Waals surface area contributed by atoms with Gasteiger partial charge in [-0.1, -0.05) is 13.3 Å². The molecule has 2 atom stereocenters. The number of hydrogen-bond donors (Lipinski definition) is 1. The van der Waals surface area contributed by atoms with E-state index >= 15 is 0 Å². The van der Waals surface area contributed by atoms with E-state index in [-0.39, 0.29) is 0 Å². The zero-order chi connectivity index (χ0) is 10.1. The van der Waals surface area contributed by atoms with Gasteiger partial charge in [0.1, 0.15) is 5.82 Å². The van der Waals surface area contributed by atoms with Crippen LogP contribution in [0, 0.1) is 9.49 Å². The van der Waals surface area contributed by atoms with Gasteiger partial charge in [0.05, 0.1) is 15.8 Å². The second-order valence-electron chi connectivity index (χ2n) is 4.06. The molecule has 0 aromatic carbocycles. The van der Waals surface area contributed by atoms with E-state index in [0.29, 0.717) is 6.04 Å². The van der Waals surface area contributed by atoms with E-state index in [0.717, 1.165) is 15.3 Å². The minimum absolute atomic E-state index is 0.545. The molecule has 1 fully saturated rings. The standard InChI is InChI=1S/C10H16IN3/c1-2-7-3-4-8(5-7)14-10(12)9(11)6-13-14/h6-8H,2-5,12H2,1H3. The molecule has 1 heterocycles. The summed E-state index contributed by atoms with van der Waals surface area (Å²) in [6.45, 7) is 2.27. The molecule has 0 spiro atoms. The van der Waals surface area contributed by atoms with Gasteiger partial charge in [-0.15, -0.1) is 0 Å². The molecule has 1 aliphatic rings. The van der Waals surface area contributed by atoms with E-state index in [1.165, 1.54) is 25.7 Å². The van der Waals surface area contributed by atoms with Gasteiger partial charge >= 0.3 is 0 Å². The molecule has 2 rings (SSSR count). The first-order valence-electron chi connectivity index (χ1n) is 5.20. The van der Waals surface area contributed by atoms with E-state index in [4.69, 9.17) is 5.73 Å². The maximum absolute atomic E-state index is 5.96. The lowest BCUT2D eigenvalue weighted by molar-refractivity contribution is 0.440. The van der Waals surface area contributed by atoms with Gasteiger partial charge in [-0.3, -0.25) is 0 Å². The lowest BCUT2D eigenvalue weighted by Gasteiger charge is -2.12. The van der Waals surface area contributed by atoms with E-state index in [1.54, 1.807) is 0 Å². The summed E-state index contributed by atoms with van der Waals surface area (Å²) in [5.41, 5.74) is 5.96. The molecule has 78 valence electrons. The first-order chi connectivity index (χ1) is 6.72. The highest BCUT2D eigenvalue weighted by Gasteiger charge is 2.26. The average Bonchev–Trinajstić information content (AvgIpc) is 2.75. The molecule has 1 aromatic heterocycles. The molecule has 0 saturated heterocycles. The van der Waals surface area contributed by atoms with Crippen LogP contribution in [0.5, 0.6) is 0 Å². The van der Waals surface area contributed by atoms with Crippen LogP contribution in [0.15, 0.2) is 6.20 Å². The van der Waals surface area contributed by atoms with Crippen LogP contribution < -0.4 is 5.73 Å². The number of hydrogen-bond acceptors (Lipinski definition) is 2. The van der Waals surface area contributed by atoms with Crippen molar-refractivity contribution in [2.45, 2.75) is 38.6 Å². The topological polar surface area (TPSA) is 43.8 Å². The molecule has 1 aliphatic carbocycles. The van der Waals surface area contributed by atoms with Crippen LogP contribution >= 0.6 is 22.6 Å². The Morgan fingerprint density at radius 2 is 2.43 bits per heavy atom. The SMILES string of the molecule is CCC1CCC(n2ncc(I)c2N)C1. The summed E-state index contributed by atoms with van der Waals surface area (Å²) in [5.74, 6) is 1.72. The molecule has 0 aliphatic heterocycles. The maximum atomic E-state index is 5.96. The molecule has 0 bridgehead atoms. The largest absolute Gasteiger partial charge is 0.383 e. The highest BCUT2D eigenvalue weighted by atomic mass is 127. The summed E-state index contributed by atoms with van der Waals surface area (Å²) in [6.07, 6.45) is 6.96. The predicted octanol–water partition coefficient (Wildman–Crippen LogP) is 2.82. The fourth-order valence-electron chi connectivity index (χ4n) is 2.28. The van der Waals surface area contributed by atoms with Crippen molar-refractivity contribution in [3.63, 3.8) is 0 Å². The summed E-state index contributed by atoms with van der Waals surface area (Å²) >= 11 is 2.24. The van der Waals surface area contributed by atoms with Crippen LogP contribution in [-0.2, 0) is 0 Å². The predicted molar refractivity (Wildman–Crippen MR) is 66.0 cm³/mol. The van der Waals surface area contributed by atoms with Crippen molar-refractivity contribution in [2.75, 3.05) is 5.73 Å². The zero-order valence-corrected chi connectivity index (χ0v) is 10.6. The normalized spacial score (nSPS) is 27.0. The first kappa shape index (κ1) is 10.3. The van der Waals surface area contributed by atoms with E-state index in [1.807, 2.05) is 10.9 Å². The smallest absolute Gasteiger partial charge is 0.135 e. The number of anilines is 1. The molecule has 4 heteroatoms. The fraction of sp³-hybridized carbons (Fsp3) is 0.700. The molecule has 1 saturated carbocycles. The Morgan fingerprint density at radius 3 is 2.93 bits per heavy atom. The van der Waals surface area contributed by atoms with Gasteiger partial charge in [0.15, 0.2) is 0 Å². The van der Waals surface area contributed by atoms with Crippen molar-refractivity contribution >= 4 is 28.4 Å². The molecule has 0 radical (unpaired) electrons. The Hall–Kier alpha value is -0.260. The van der Waals surface area contributed by atoms with Crippen LogP contribution in [0.2, 0.25) is 0 Å². The van der Waals surface area contributed by atoms with Crippen molar-refractivity contribution in [1.82, 2.24) is 9.78 Å². The maximum Gasteiger partial charge on any atom is 0.135 e. The van der Waals surface area contributed by atoms with Crippen molar-refractivity contribution < 1.29 is 0 Å². The summed E-state index contributed by atoms with van der Waals surface area (Å²) in [6, 6.07) is 0.545. The Morgan fingerprint density at radius 1 is 1.64 bits per heavy atom. The van der Waals surface area contributed by atoms with Crippen molar-refractivity contribution in [3.05, 3.63) is 9.77 Å². The van der Waals surface area contributed by atoms with E-state index in [2.05, 4.69) is 34.6 Å². The quantitative estimate of drug-likeness (QED) is 0.854. The molecule has 2 N–H and O–H groups in total. The lowest BCUT2D eigenvalue weighted by atomic mass is 10.1. The number of aromatic nitrogens is 2. The fourth-order valence-corrected chi connectivity index (χ4v) is 2.65. The molecule has 3 nitrogen and oxygen atoms in total.